The maximum absolute atomic E-state index is 13.9. The highest BCUT2D eigenvalue weighted by atomic mass is 19.1. The maximum Gasteiger partial charge on any atom is 0.191 e. The van der Waals surface area contributed by atoms with E-state index in [1.165, 1.54) is 19.3 Å². The van der Waals surface area contributed by atoms with Crippen molar-refractivity contribution in [1.29, 1.82) is 0 Å². The molecular weight excluding hydrogens is 367 g/mol. The predicted molar refractivity (Wildman–Crippen MR) is 117 cm³/mol. The van der Waals surface area contributed by atoms with Gasteiger partial charge >= 0.3 is 0 Å². The molecule has 6 heteroatoms. The van der Waals surface area contributed by atoms with Crippen LogP contribution in [0.1, 0.15) is 44.1 Å². The highest BCUT2D eigenvalue weighted by Gasteiger charge is 2.36. The predicted octanol–water partition coefficient (Wildman–Crippen LogP) is 3.41. The van der Waals surface area contributed by atoms with Crippen LogP contribution in [0.25, 0.3) is 0 Å². The molecule has 1 saturated heterocycles. The number of halogens is 1. The quantitative estimate of drug-likeness (QED) is 0.489. The second-order valence-electron chi connectivity index (χ2n) is 8.71. The Kier molecular flexibility index (Phi) is 8.30. The van der Waals surface area contributed by atoms with Crippen LogP contribution in [0.2, 0.25) is 0 Å². The summed E-state index contributed by atoms with van der Waals surface area (Å²) < 4.78 is 19.1. The van der Waals surface area contributed by atoms with Gasteiger partial charge in [0.2, 0.25) is 0 Å². The summed E-state index contributed by atoms with van der Waals surface area (Å²) in [4.78, 5) is 6.77. The zero-order valence-corrected chi connectivity index (χ0v) is 18.1. The third-order valence-electron chi connectivity index (χ3n) is 6.72. The number of hydrogen-bond acceptors (Lipinski definition) is 3. The molecule has 2 aliphatic rings. The molecule has 2 fully saturated rings. The van der Waals surface area contributed by atoms with Crippen molar-refractivity contribution in [2.24, 2.45) is 16.3 Å². The van der Waals surface area contributed by atoms with E-state index in [4.69, 9.17) is 4.74 Å². The number of nitrogens with one attached hydrogen (secondary N) is 2. The highest BCUT2D eigenvalue weighted by molar-refractivity contribution is 5.79. The summed E-state index contributed by atoms with van der Waals surface area (Å²) in [5.74, 6) is 1.44. The number of hydrogen-bond donors (Lipinski definition) is 2. The van der Waals surface area contributed by atoms with Crippen LogP contribution in [0, 0.1) is 17.2 Å². The van der Waals surface area contributed by atoms with Crippen molar-refractivity contribution < 1.29 is 9.13 Å². The molecule has 0 spiro atoms. The SMILES string of the molecule is CN=C(NCC1CCN(Cc2ccccc2F)CC1)NCC1(CCOC)CCC1. The van der Waals surface area contributed by atoms with Crippen LogP contribution in [0.3, 0.4) is 0 Å². The average Bonchev–Trinajstić information content (AvgIpc) is 2.72. The topological polar surface area (TPSA) is 48.9 Å². The van der Waals surface area contributed by atoms with Crippen LogP contribution in [-0.4, -0.2) is 57.8 Å². The Morgan fingerprint density at radius 2 is 2.00 bits per heavy atom. The third-order valence-corrected chi connectivity index (χ3v) is 6.72. The summed E-state index contributed by atoms with van der Waals surface area (Å²) in [7, 11) is 3.62. The second kappa shape index (κ2) is 10.9. The fraction of sp³-hybridized carbons (Fsp3) is 0.696. The Hall–Kier alpha value is -1.66. The molecule has 0 bridgehead atoms. The first-order valence-electron chi connectivity index (χ1n) is 11.0. The van der Waals surface area contributed by atoms with E-state index in [2.05, 4.69) is 20.5 Å². The first kappa shape index (κ1) is 22.0. The molecule has 1 aromatic rings. The lowest BCUT2D eigenvalue weighted by molar-refractivity contribution is 0.0732. The highest BCUT2D eigenvalue weighted by Crippen LogP contribution is 2.43. The van der Waals surface area contributed by atoms with Crippen LogP contribution in [0.4, 0.5) is 4.39 Å². The van der Waals surface area contributed by atoms with E-state index in [1.807, 2.05) is 19.2 Å². The number of ether oxygens (including phenoxy) is 1. The summed E-state index contributed by atoms with van der Waals surface area (Å²) in [6.45, 7) is 5.49. The van der Waals surface area contributed by atoms with E-state index in [0.29, 0.717) is 17.9 Å². The zero-order chi connectivity index (χ0) is 20.5. The van der Waals surface area contributed by atoms with Crippen LogP contribution < -0.4 is 10.6 Å². The molecule has 3 rings (SSSR count). The van der Waals surface area contributed by atoms with Gasteiger partial charge in [0.1, 0.15) is 5.82 Å². The number of guanidine groups is 1. The number of piperidine rings is 1. The van der Waals surface area contributed by atoms with Gasteiger partial charge in [-0.2, -0.15) is 0 Å². The molecule has 0 radical (unpaired) electrons. The smallest absolute Gasteiger partial charge is 0.191 e. The van der Waals surface area contributed by atoms with Gasteiger partial charge < -0.3 is 15.4 Å². The number of likely N-dealkylation sites (tertiary alicyclic amines) is 1. The minimum atomic E-state index is -0.0964. The molecule has 2 N–H and O–H groups in total. The molecule has 29 heavy (non-hydrogen) atoms. The minimum Gasteiger partial charge on any atom is -0.385 e. The molecule has 1 heterocycles. The monoisotopic (exact) mass is 404 g/mol. The molecule has 162 valence electrons. The van der Waals surface area contributed by atoms with Gasteiger partial charge in [0.05, 0.1) is 0 Å². The van der Waals surface area contributed by atoms with Crippen molar-refractivity contribution in [2.45, 2.75) is 45.1 Å². The lowest BCUT2D eigenvalue weighted by atomic mass is 9.67. The number of benzene rings is 1. The number of rotatable bonds is 9. The lowest BCUT2D eigenvalue weighted by Crippen LogP contribution is -2.48. The first-order valence-corrected chi connectivity index (χ1v) is 11.0. The molecule has 1 saturated carbocycles. The van der Waals surface area contributed by atoms with Gasteiger partial charge in [0.15, 0.2) is 5.96 Å². The zero-order valence-electron chi connectivity index (χ0n) is 18.1. The van der Waals surface area contributed by atoms with Crippen molar-refractivity contribution >= 4 is 5.96 Å². The summed E-state index contributed by atoms with van der Waals surface area (Å²) in [5, 5.41) is 7.06. The summed E-state index contributed by atoms with van der Waals surface area (Å²) in [6.07, 6.45) is 7.27. The Morgan fingerprint density at radius 1 is 1.24 bits per heavy atom. The van der Waals surface area contributed by atoms with E-state index in [0.717, 1.165) is 63.6 Å². The van der Waals surface area contributed by atoms with E-state index in [-0.39, 0.29) is 5.82 Å². The molecule has 1 aliphatic heterocycles. The number of aliphatic imine (C=N–C) groups is 1. The molecule has 0 aromatic heterocycles. The lowest BCUT2D eigenvalue weighted by Gasteiger charge is -2.42. The first-order chi connectivity index (χ1) is 14.1. The van der Waals surface area contributed by atoms with Crippen LogP contribution >= 0.6 is 0 Å². The fourth-order valence-corrected chi connectivity index (χ4v) is 4.46. The fourth-order valence-electron chi connectivity index (χ4n) is 4.46. The summed E-state index contributed by atoms with van der Waals surface area (Å²) >= 11 is 0. The van der Waals surface area contributed by atoms with E-state index in [9.17, 15) is 4.39 Å². The Labute approximate surface area is 175 Å². The van der Waals surface area contributed by atoms with E-state index < -0.39 is 0 Å². The van der Waals surface area contributed by atoms with Crippen LogP contribution in [0.15, 0.2) is 29.3 Å². The number of methoxy groups -OCH3 is 1. The van der Waals surface area contributed by atoms with Gasteiger partial charge in [0.25, 0.3) is 0 Å². The van der Waals surface area contributed by atoms with E-state index in [1.54, 1.807) is 19.2 Å². The standard InChI is InChI=1S/C23H37FN4O/c1-25-22(27-18-23(10-5-11-23)12-15-29-2)26-16-19-8-13-28(14-9-19)17-20-6-3-4-7-21(20)24/h3-4,6-7,19H,5,8-18H2,1-2H3,(H2,25,26,27). The normalized spacial score (nSPS) is 20.3. The Morgan fingerprint density at radius 3 is 2.62 bits per heavy atom. The Balaban J connectivity index is 1.36. The van der Waals surface area contributed by atoms with Gasteiger partial charge in [-0.25, -0.2) is 4.39 Å². The molecule has 1 aromatic carbocycles. The molecule has 0 atom stereocenters. The van der Waals surface area contributed by atoms with Gasteiger partial charge in [-0.3, -0.25) is 9.89 Å². The minimum absolute atomic E-state index is 0.0964. The molecule has 0 unspecified atom stereocenters. The Bertz CT molecular complexity index is 654. The largest absolute Gasteiger partial charge is 0.385 e. The van der Waals surface area contributed by atoms with Crippen LogP contribution in [0.5, 0.6) is 0 Å². The van der Waals surface area contributed by atoms with Crippen LogP contribution in [-0.2, 0) is 11.3 Å². The number of nitrogens with zero attached hydrogens (tertiary/aromatic N) is 2. The van der Waals surface area contributed by atoms with Crippen molar-refractivity contribution in [3.63, 3.8) is 0 Å². The summed E-state index contributed by atoms with van der Waals surface area (Å²) in [6, 6.07) is 7.10. The molecule has 0 amide bonds. The summed E-state index contributed by atoms with van der Waals surface area (Å²) in [5.41, 5.74) is 1.18. The second-order valence-corrected chi connectivity index (χ2v) is 8.71. The van der Waals surface area contributed by atoms with Crippen molar-refractivity contribution in [3.8, 4) is 0 Å². The van der Waals surface area contributed by atoms with Crippen molar-refractivity contribution in [2.75, 3.05) is 46.9 Å². The molecular formula is C23H37FN4O. The van der Waals surface area contributed by atoms with Crippen molar-refractivity contribution in [1.82, 2.24) is 15.5 Å². The molecule has 5 nitrogen and oxygen atoms in total. The maximum atomic E-state index is 13.9. The van der Waals surface area contributed by atoms with Gasteiger partial charge in [-0.05, 0) is 62.6 Å². The van der Waals surface area contributed by atoms with E-state index >= 15 is 0 Å². The van der Waals surface area contributed by atoms with Gasteiger partial charge in [0, 0.05) is 46.0 Å². The molecule has 1 aliphatic carbocycles. The van der Waals surface area contributed by atoms with Gasteiger partial charge in [-0.1, -0.05) is 24.6 Å². The van der Waals surface area contributed by atoms with Gasteiger partial charge in [-0.15, -0.1) is 0 Å². The average molecular weight is 405 g/mol. The van der Waals surface area contributed by atoms with Crippen molar-refractivity contribution in [3.05, 3.63) is 35.6 Å². The third kappa shape index (κ3) is 6.41.